The maximum atomic E-state index is 11.9. The molecule has 4 heteroatoms. The van der Waals surface area contributed by atoms with E-state index >= 15 is 0 Å². The molecule has 4 nitrogen and oxygen atoms in total. The lowest BCUT2D eigenvalue weighted by Gasteiger charge is -2.23. The summed E-state index contributed by atoms with van der Waals surface area (Å²) in [5.41, 5.74) is 0. The van der Waals surface area contributed by atoms with Gasteiger partial charge in [-0.25, -0.2) is 9.78 Å². The van der Waals surface area contributed by atoms with Crippen LogP contribution in [0.15, 0.2) is 18.7 Å². The van der Waals surface area contributed by atoms with Gasteiger partial charge < -0.3 is 5.32 Å². The van der Waals surface area contributed by atoms with Crippen LogP contribution in [0.4, 0.5) is 4.79 Å². The predicted molar refractivity (Wildman–Crippen MR) is 66.8 cm³/mol. The van der Waals surface area contributed by atoms with Crippen molar-refractivity contribution in [2.45, 2.75) is 51.5 Å². The van der Waals surface area contributed by atoms with Crippen LogP contribution in [0.1, 0.15) is 45.4 Å². The van der Waals surface area contributed by atoms with Crippen molar-refractivity contribution in [2.75, 3.05) is 0 Å². The number of carbonyl (C=O) groups excluding carboxylic acids is 1. The van der Waals surface area contributed by atoms with E-state index in [0.29, 0.717) is 5.92 Å². The summed E-state index contributed by atoms with van der Waals surface area (Å²) in [4.78, 5) is 15.7. The Morgan fingerprint density at radius 1 is 1.35 bits per heavy atom. The first-order chi connectivity index (χ1) is 8.27. The van der Waals surface area contributed by atoms with Gasteiger partial charge in [-0.1, -0.05) is 25.7 Å². The van der Waals surface area contributed by atoms with Crippen molar-refractivity contribution in [2.24, 2.45) is 5.92 Å². The van der Waals surface area contributed by atoms with Gasteiger partial charge in [-0.3, -0.25) is 4.57 Å². The van der Waals surface area contributed by atoms with Crippen molar-refractivity contribution in [3.05, 3.63) is 18.7 Å². The lowest BCUT2D eigenvalue weighted by Crippen LogP contribution is -2.40. The minimum atomic E-state index is -0.0701. The third-order valence-corrected chi connectivity index (χ3v) is 3.70. The Hall–Kier alpha value is -1.32. The van der Waals surface area contributed by atoms with Crippen LogP contribution in [-0.4, -0.2) is 21.6 Å². The Morgan fingerprint density at radius 2 is 2.06 bits per heavy atom. The summed E-state index contributed by atoms with van der Waals surface area (Å²) in [6, 6.07) is 0.183. The van der Waals surface area contributed by atoms with Gasteiger partial charge in [0.1, 0.15) is 6.33 Å². The van der Waals surface area contributed by atoms with Crippen LogP contribution < -0.4 is 5.32 Å². The van der Waals surface area contributed by atoms with E-state index in [2.05, 4.69) is 17.2 Å². The van der Waals surface area contributed by atoms with E-state index in [1.54, 1.807) is 12.4 Å². The van der Waals surface area contributed by atoms with Crippen LogP contribution in [0.3, 0.4) is 0 Å². The minimum Gasteiger partial charge on any atom is -0.335 e. The number of nitrogens with zero attached hydrogens (tertiary/aromatic N) is 2. The number of amides is 1. The molecule has 1 amide bonds. The number of hydrogen-bond donors (Lipinski definition) is 1. The van der Waals surface area contributed by atoms with Gasteiger partial charge in [-0.05, 0) is 25.7 Å². The third-order valence-electron chi connectivity index (χ3n) is 3.70. The van der Waals surface area contributed by atoms with Gasteiger partial charge in [-0.2, -0.15) is 0 Å². The number of imidazole rings is 1. The molecule has 1 aliphatic rings. The highest BCUT2D eigenvalue weighted by Crippen LogP contribution is 2.25. The van der Waals surface area contributed by atoms with Crippen LogP contribution in [-0.2, 0) is 0 Å². The molecule has 1 aromatic rings. The fraction of sp³-hybridized carbons (Fsp3) is 0.692. The highest BCUT2D eigenvalue weighted by molar-refractivity contribution is 5.76. The fourth-order valence-corrected chi connectivity index (χ4v) is 2.58. The number of aromatic nitrogens is 2. The van der Waals surface area contributed by atoms with Crippen molar-refractivity contribution >= 4 is 6.03 Å². The van der Waals surface area contributed by atoms with E-state index < -0.39 is 0 Å². The van der Waals surface area contributed by atoms with Gasteiger partial charge in [0, 0.05) is 18.4 Å². The maximum Gasteiger partial charge on any atom is 0.327 e. The van der Waals surface area contributed by atoms with Gasteiger partial charge in [0.2, 0.25) is 0 Å². The van der Waals surface area contributed by atoms with E-state index in [1.807, 2.05) is 0 Å². The molecule has 1 fully saturated rings. The quantitative estimate of drug-likeness (QED) is 0.801. The Bertz CT molecular complexity index is 340. The summed E-state index contributed by atoms with van der Waals surface area (Å²) >= 11 is 0. The fourth-order valence-electron chi connectivity index (χ4n) is 2.58. The summed E-state index contributed by atoms with van der Waals surface area (Å²) in [6.45, 7) is 2.12. The Labute approximate surface area is 102 Å². The molecule has 0 spiro atoms. The zero-order chi connectivity index (χ0) is 12.1. The second kappa shape index (κ2) is 5.84. The van der Waals surface area contributed by atoms with E-state index in [-0.39, 0.29) is 12.1 Å². The van der Waals surface area contributed by atoms with Crippen LogP contribution in [0.25, 0.3) is 0 Å². The molecule has 1 aliphatic carbocycles. The summed E-state index contributed by atoms with van der Waals surface area (Å²) < 4.78 is 1.49. The van der Waals surface area contributed by atoms with Crippen LogP contribution >= 0.6 is 0 Å². The molecule has 1 heterocycles. The summed E-state index contributed by atoms with van der Waals surface area (Å²) in [5.74, 6) is 0.630. The van der Waals surface area contributed by atoms with Gasteiger partial charge in [0.15, 0.2) is 0 Å². The molecule has 1 atom stereocenters. The van der Waals surface area contributed by atoms with E-state index in [0.717, 1.165) is 0 Å². The first-order valence-electron chi connectivity index (χ1n) is 6.56. The number of rotatable bonds is 2. The number of carbonyl (C=O) groups is 1. The molecule has 1 aromatic heterocycles. The molecular weight excluding hydrogens is 214 g/mol. The van der Waals surface area contributed by atoms with Crippen LogP contribution in [0.5, 0.6) is 0 Å². The van der Waals surface area contributed by atoms with Crippen LogP contribution in [0, 0.1) is 5.92 Å². The van der Waals surface area contributed by atoms with Crippen molar-refractivity contribution in [3.8, 4) is 0 Å². The van der Waals surface area contributed by atoms with E-state index in [4.69, 9.17) is 0 Å². The number of nitrogens with one attached hydrogen (secondary N) is 1. The second-order valence-electron chi connectivity index (χ2n) is 4.96. The van der Waals surface area contributed by atoms with E-state index in [9.17, 15) is 4.79 Å². The molecule has 0 aromatic carbocycles. The van der Waals surface area contributed by atoms with E-state index in [1.165, 1.54) is 49.4 Å². The first kappa shape index (κ1) is 12.1. The number of hydrogen-bond acceptors (Lipinski definition) is 2. The molecule has 94 valence electrons. The average Bonchev–Trinajstić information content (AvgIpc) is 2.71. The highest BCUT2D eigenvalue weighted by Gasteiger charge is 2.20. The molecule has 0 unspecified atom stereocenters. The molecule has 0 bridgehead atoms. The standard InChI is InChI=1S/C13H21N3O/c1-11(12-6-4-2-3-5-7-12)15-13(17)16-9-8-14-10-16/h8-12H,2-7H2,1H3,(H,15,17)/t11-/m0/s1. The largest absolute Gasteiger partial charge is 0.335 e. The lowest BCUT2D eigenvalue weighted by atomic mass is 9.93. The van der Waals surface area contributed by atoms with Crippen molar-refractivity contribution in [3.63, 3.8) is 0 Å². The van der Waals surface area contributed by atoms with Gasteiger partial charge in [-0.15, -0.1) is 0 Å². The van der Waals surface area contributed by atoms with Gasteiger partial charge in [0.25, 0.3) is 0 Å². The molecule has 0 aliphatic heterocycles. The Morgan fingerprint density at radius 3 is 2.65 bits per heavy atom. The smallest absolute Gasteiger partial charge is 0.327 e. The molecular formula is C13H21N3O. The summed E-state index contributed by atoms with van der Waals surface area (Å²) in [5, 5.41) is 3.06. The summed E-state index contributed by atoms with van der Waals surface area (Å²) in [6.07, 6.45) is 12.6. The summed E-state index contributed by atoms with van der Waals surface area (Å²) in [7, 11) is 0. The first-order valence-corrected chi connectivity index (χ1v) is 6.56. The maximum absolute atomic E-state index is 11.9. The lowest BCUT2D eigenvalue weighted by molar-refractivity contribution is 0.232. The van der Waals surface area contributed by atoms with Crippen molar-refractivity contribution < 1.29 is 4.79 Å². The molecule has 2 rings (SSSR count). The van der Waals surface area contributed by atoms with Gasteiger partial charge >= 0.3 is 6.03 Å². The van der Waals surface area contributed by atoms with Crippen molar-refractivity contribution in [1.82, 2.24) is 14.9 Å². The third kappa shape index (κ3) is 3.32. The highest BCUT2D eigenvalue weighted by atomic mass is 16.2. The average molecular weight is 235 g/mol. The molecule has 1 N–H and O–H groups in total. The molecule has 1 saturated carbocycles. The zero-order valence-electron chi connectivity index (χ0n) is 10.4. The Balaban J connectivity index is 1.87. The molecule has 0 radical (unpaired) electrons. The second-order valence-corrected chi connectivity index (χ2v) is 4.96. The normalized spacial score (nSPS) is 19.6. The minimum absolute atomic E-state index is 0.0701. The van der Waals surface area contributed by atoms with Crippen LogP contribution in [0.2, 0.25) is 0 Å². The molecule has 17 heavy (non-hydrogen) atoms. The van der Waals surface area contributed by atoms with Crippen molar-refractivity contribution in [1.29, 1.82) is 0 Å². The zero-order valence-corrected chi connectivity index (χ0v) is 10.4. The SMILES string of the molecule is C[C@H](NC(=O)n1ccnc1)C1CCCCCC1. The predicted octanol–water partition coefficient (Wildman–Crippen LogP) is 2.80. The Kier molecular flexibility index (Phi) is 4.18. The molecule has 0 saturated heterocycles. The monoisotopic (exact) mass is 235 g/mol. The van der Waals surface area contributed by atoms with Gasteiger partial charge in [0.05, 0.1) is 0 Å². The topological polar surface area (TPSA) is 46.9 Å².